The monoisotopic (exact) mass is 539 g/mol. The zero-order chi connectivity index (χ0) is 26.6. The highest BCUT2D eigenvalue weighted by molar-refractivity contribution is 7.98. The van der Waals surface area contributed by atoms with Gasteiger partial charge in [-0.25, -0.2) is 17.9 Å². The number of sulfonamides is 1. The van der Waals surface area contributed by atoms with E-state index in [4.69, 9.17) is 9.47 Å². The van der Waals surface area contributed by atoms with Crippen molar-refractivity contribution in [3.05, 3.63) is 77.9 Å². The van der Waals surface area contributed by atoms with Gasteiger partial charge in [-0.05, 0) is 98.9 Å². The lowest BCUT2D eigenvalue weighted by molar-refractivity contribution is -0.157. The summed E-state index contributed by atoms with van der Waals surface area (Å²) in [4.78, 5) is 13.5. The van der Waals surface area contributed by atoms with Crippen molar-refractivity contribution >= 4 is 27.8 Å². The smallest absolute Gasteiger partial charge is 0.344 e. The van der Waals surface area contributed by atoms with Crippen molar-refractivity contribution in [2.24, 2.45) is 0 Å². The average Bonchev–Trinajstić information content (AvgIpc) is 2.86. The van der Waals surface area contributed by atoms with Crippen molar-refractivity contribution in [2.75, 3.05) is 12.9 Å². The molecule has 1 aliphatic carbocycles. The molecular weight excluding hydrogens is 506 g/mol. The fourth-order valence-corrected chi connectivity index (χ4v) is 6.17. The van der Waals surface area contributed by atoms with Crippen LogP contribution in [0.25, 0.3) is 11.1 Å². The predicted octanol–water partition coefficient (Wildman–Crippen LogP) is 6.15. The Morgan fingerprint density at radius 3 is 2.46 bits per heavy atom. The molecule has 8 heteroatoms. The molecule has 0 unspecified atom stereocenters. The lowest BCUT2D eigenvalue weighted by atomic mass is 9.87. The molecule has 6 nitrogen and oxygen atoms in total. The van der Waals surface area contributed by atoms with Crippen LogP contribution in [0.3, 0.4) is 0 Å². The first-order valence-corrected chi connectivity index (χ1v) is 15.0. The number of thioether (sulfide) groups is 1. The van der Waals surface area contributed by atoms with E-state index in [1.165, 1.54) is 0 Å². The summed E-state index contributed by atoms with van der Waals surface area (Å²) in [6, 6.07) is 20.3. The largest absolute Gasteiger partial charge is 0.482 e. The number of esters is 1. The molecule has 0 saturated heterocycles. The minimum atomic E-state index is -3.74. The zero-order valence-electron chi connectivity index (χ0n) is 21.6. The Kier molecular flexibility index (Phi) is 8.31. The highest BCUT2D eigenvalue weighted by Gasteiger charge is 2.28. The summed E-state index contributed by atoms with van der Waals surface area (Å²) in [7, 11) is -3.74. The van der Waals surface area contributed by atoms with Crippen LogP contribution in [0.5, 0.6) is 5.75 Å². The second kappa shape index (κ2) is 11.3. The first-order valence-electron chi connectivity index (χ1n) is 12.3. The maximum absolute atomic E-state index is 13.3. The fourth-order valence-electron chi connectivity index (χ4n) is 4.46. The number of hydrogen-bond donors (Lipinski definition) is 1. The maximum Gasteiger partial charge on any atom is 0.344 e. The molecule has 0 aromatic heterocycles. The van der Waals surface area contributed by atoms with Gasteiger partial charge < -0.3 is 9.47 Å². The molecule has 0 heterocycles. The van der Waals surface area contributed by atoms with Gasteiger partial charge in [0, 0.05) is 10.9 Å². The predicted molar refractivity (Wildman–Crippen MR) is 147 cm³/mol. The van der Waals surface area contributed by atoms with E-state index >= 15 is 0 Å². The van der Waals surface area contributed by atoms with E-state index in [9.17, 15) is 13.2 Å². The van der Waals surface area contributed by atoms with Crippen LogP contribution in [0.15, 0.2) is 76.5 Å². The van der Waals surface area contributed by atoms with Gasteiger partial charge in [0.15, 0.2) is 6.61 Å². The van der Waals surface area contributed by atoms with Gasteiger partial charge in [-0.3, -0.25) is 0 Å². The van der Waals surface area contributed by atoms with Crippen LogP contribution < -0.4 is 9.46 Å². The lowest BCUT2D eigenvalue weighted by Gasteiger charge is -2.28. The van der Waals surface area contributed by atoms with E-state index in [2.05, 4.69) is 10.8 Å². The molecule has 4 rings (SSSR count). The molecule has 1 N–H and O–H groups in total. The maximum atomic E-state index is 13.3. The topological polar surface area (TPSA) is 81.7 Å². The molecule has 0 fully saturated rings. The Morgan fingerprint density at radius 2 is 1.76 bits per heavy atom. The molecule has 196 valence electrons. The van der Waals surface area contributed by atoms with E-state index in [0.717, 1.165) is 40.0 Å². The number of ether oxygens (including phenoxy) is 2. The van der Waals surface area contributed by atoms with E-state index in [1.807, 2.05) is 75.6 Å². The SMILES string of the molecule is CSc1cccc(-c2ccc(S(=O)(=O)N[C@@H]3CCCc4c(OCC(=O)OC(C)(C)C)cccc43)cc2)c1. The van der Waals surface area contributed by atoms with Gasteiger partial charge in [0.05, 0.1) is 4.90 Å². The molecule has 0 spiro atoms. The van der Waals surface area contributed by atoms with Crippen molar-refractivity contribution in [1.82, 2.24) is 4.72 Å². The number of nitrogens with one attached hydrogen (secondary N) is 1. The van der Waals surface area contributed by atoms with E-state index in [1.54, 1.807) is 23.9 Å². The summed E-state index contributed by atoms with van der Waals surface area (Å²) < 4.78 is 40.6. The van der Waals surface area contributed by atoms with Crippen LogP contribution in [0.2, 0.25) is 0 Å². The number of carbonyl (C=O) groups is 1. The highest BCUT2D eigenvalue weighted by Crippen LogP contribution is 2.36. The standard InChI is InChI=1S/C29H33NO5S2/c1-29(2,3)35-28(31)19-34-27-13-7-10-24-25(27)11-6-12-26(24)30-37(32,33)23-16-14-20(15-17-23)21-8-5-9-22(18-21)36-4/h5,7-10,13-18,26,30H,6,11-12,19H2,1-4H3/t26-/m1/s1. The Labute approximate surface area is 223 Å². The molecule has 0 aliphatic heterocycles. The van der Waals surface area contributed by atoms with Crippen molar-refractivity contribution in [2.45, 2.75) is 61.5 Å². The normalized spacial score (nSPS) is 15.6. The second-order valence-electron chi connectivity index (χ2n) is 10.0. The number of carbonyl (C=O) groups excluding carboxylic acids is 1. The minimum Gasteiger partial charge on any atom is -0.482 e. The van der Waals surface area contributed by atoms with Gasteiger partial charge in [0.2, 0.25) is 10.0 Å². The van der Waals surface area contributed by atoms with E-state index < -0.39 is 21.6 Å². The molecule has 1 atom stereocenters. The summed E-state index contributed by atoms with van der Waals surface area (Å²) in [5.74, 6) is 0.144. The number of rotatable bonds is 8. The Bertz CT molecular complexity index is 1360. The first kappa shape index (κ1) is 27.2. The molecule has 0 amide bonds. The Balaban J connectivity index is 1.49. The van der Waals surface area contributed by atoms with Crippen LogP contribution in [-0.2, 0) is 26.0 Å². The van der Waals surface area contributed by atoms with Crippen molar-refractivity contribution in [3.63, 3.8) is 0 Å². The summed E-state index contributed by atoms with van der Waals surface area (Å²) in [6.07, 6.45) is 4.26. The number of hydrogen-bond acceptors (Lipinski definition) is 6. The summed E-state index contributed by atoms with van der Waals surface area (Å²) in [5, 5.41) is 0. The highest BCUT2D eigenvalue weighted by atomic mass is 32.2. The van der Waals surface area contributed by atoms with Crippen LogP contribution >= 0.6 is 11.8 Å². The third-order valence-electron chi connectivity index (χ3n) is 6.09. The second-order valence-corrected chi connectivity index (χ2v) is 12.6. The molecule has 3 aromatic carbocycles. The van der Waals surface area contributed by atoms with Gasteiger partial charge in [0.25, 0.3) is 0 Å². The van der Waals surface area contributed by atoms with E-state index in [0.29, 0.717) is 12.2 Å². The fraction of sp³-hybridized carbons (Fsp3) is 0.345. The molecule has 0 radical (unpaired) electrons. The van der Waals surface area contributed by atoms with Gasteiger partial charge in [-0.2, -0.15) is 0 Å². The molecule has 1 aliphatic rings. The van der Waals surface area contributed by atoms with Gasteiger partial charge >= 0.3 is 5.97 Å². The Morgan fingerprint density at radius 1 is 1.03 bits per heavy atom. The quantitative estimate of drug-likeness (QED) is 0.273. The van der Waals surface area contributed by atoms with E-state index in [-0.39, 0.29) is 17.5 Å². The third kappa shape index (κ3) is 6.94. The summed E-state index contributed by atoms with van der Waals surface area (Å²) in [5.41, 5.74) is 3.22. The molecular formula is C29H33NO5S2. The third-order valence-corrected chi connectivity index (χ3v) is 8.31. The van der Waals surface area contributed by atoms with Crippen molar-refractivity contribution in [1.29, 1.82) is 0 Å². The number of fused-ring (bicyclic) bond motifs is 1. The average molecular weight is 540 g/mol. The van der Waals surface area contributed by atoms with Gasteiger partial charge in [-0.15, -0.1) is 11.8 Å². The summed E-state index contributed by atoms with van der Waals surface area (Å²) >= 11 is 1.67. The van der Waals surface area contributed by atoms with Crippen molar-refractivity contribution < 1.29 is 22.7 Å². The summed E-state index contributed by atoms with van der Waals surface area (Å²) in [6.45, 7) is 5.23. The van der Waals surface area contributed by atoms with Crippen LogP contribution in [0.1, 0.15) is 50.8 Å². The van der Waals surface area contributed by atoms with Crippen LogP contribution in [0.4, 0.5) is 0 Å². The van der Waals surface area contributed by atoms with Gasteiger partial charge in [-0.1, -0.05) is 36.4 Å². The zero-order valence-corrected chi connectivity index (χ0v) is 23.2. The molecule has 37 heavy (non-hydrogen) atoms. The molecule has 3 aromatic rings. The minimum absolute atomic E-state index is 0.198. The van der Waals surface area contributed by atoms with Gasteiger partial charge in [0.1, 0.15) is 11.4 Å². The lowest BCUT2D eigenvalue weighted by Crippen LogP contribution is -2.31. The van der Waals surface area contributed by atoms with Crippen LogP contribution in [-0.4, -0.2) is 32.9 Å². The molecule has 0 saturated carbocycles. The Hall–Kier alpha value is -2.81. The first-order chi connectivity index (χ1) is 17.6. The molecule has 0 bridgehead atoms. The van der Waals surface area contributed by atoms with Crippen molar-refractivity contribution in [3.8, 4) is 16.9 Å². The number of benzene rings is 3. The van der Waals surface area contributed by atoms with Crippen LogP contribution in [0, 0.1) is 0 Å².